The fraction of sp³-hybridized carbons (Fsp3) is 0.318. The average molecular weight is 389 g/mol. The molecule has 148 valence electrons. The molecule has 5 rings (SSSR count). The van der Waals surface area contributed by atoms with Crippen molar-refractivity contribution in [3.63, 3.8) is 0 Å². The Morgan fingerprint density at radius 2 is 1.93 bits per heavy atom. The number of nitrogens with one attached hydrogen (secondary N) is 3. The van der Waals surface area contributed by atoms with E-state index >= 15 is 0 Å². The number of fused-ring (bicyclic) bond motifs is 2. The van der Waals surface area contributed by atoms with Crippen molar-refractivity contribution in [2.75, 3.05) is 5.32 Å². The molecule has 2 aromatic heterocycles. The monoisotopic (exact) mass is 389 g/mol. The van der Waals surface area contributed by atoms with Crippen molar-refractivity contribution in [2.45, 2.75) is 31.7 Å². The third kappa shape index (κ3) is 3.27. The minimum absolute atomic E-state index is 0.0875. The lowest BCUT2D eigenvalue weighted by molar-refractivity contribution is -0.133. The minimum atomic E-state index is -0.202. The molecule has 29 heavy (non-hydrogen) atoms. The number of rotatable bonds is 3. The molecule has 0 spiro atoms. The van der Waals surface area contributed by atoms with Gasteiger partial charge in [-0.05, 0) is 48.6 Å². The molecule has 2 aliphatic rings. The highest BCUT2D eigenvalue weighted by molar-refractivity contribution is 6.03. The second-order valence-corrected chi connectivity index (χ2v) is 7.81. The molecule has 3 N–H and O–H groups in total. The molecule has 1 aromatic carbocycles. The molecule has 3 atom stereocenters. The number of imidazole rings is 1. The van der Waals surface area contributed by atoms with Crippen molar-refractivity contribution < 1.29 is 9.59 Å². The standard InChI is InChI=1S/C22H23N5O2/c28-21-17-6-2-1-5-16(17)20(25-26-21)14-8-10-15(11-9-14)24-22(29)18-13-23-19-7-3-4-12-27(18)19/h3-4,7-13,16-17,20,25H,1-2,5-6H2,(H,24,29)(H,26,28). The molecule has 3 aromatic rings. The maximum Gasteiger partial charge on any atom is 0.274 e. The third-order valence-corrected chi connectivity index (χ3v) is 6.11. The maximum absolute atomic E-state index is 12.7. The minimum Gasteiger partial charge on any atom is -0.321 e. The number of amides is 2. The SMILES string of the molecule is O=C(Nc1ccc(C2NNC(=O)C3CCCCC32)cc1)c1cnc2ccccn12. The first-order valence-corrected chi connectivity index (χ1v) is 10.1. The van der Waals surface area contributed by atoms with Crippen LogP contribution < -0.4 is 16.2 Å². The number of hydrogen-bond donors (Lipinski definition) is 3. The molecule has 7 heteroatoms. The van der Waals surface area contributed by atoms with E-state index in [0.29, 0.717) is 11.6 Å². The van der Waals surface area contributed by atoms with E-state index in [2.05, 4.69) is 21.2 Å². The van der Waals surface area contributed by atoms with Gasteiger partial charge in [0.25, 0.3) is 5.91 Å². The summed E-state index contributed by atoms with van der Waals surface area (Å²) >= 11 is 0. The first-order valence-electron chi connectivity index (χ1n) is 10.1. The summed E-state index contributed by atoms with van der Waals surface area (Å²) in [5.74, 6) is 0.315. The first-order chi connectivity index (χ1) is 14.2. The maximum atomic E-state index is 12.7. The lowest BCUT2D eigenvalue weighted by Crippen LogP contribution is -2.55. The lowest BCUT2D eigenvalue weighted by Gasteiger charge is -2.41. The predicted octanol–water partition coefficient (Wildman–Crippen LogP) is 3.07. The Morgan fingerprint density at radius 3 is 2.79 bits per heavy atom. The van der Waals surface area contributed by atoms with Gasteiger partial charge in [0.2, 0.25) is 5.91 Å². The molecule has 2 amide bonds. The van der Waals surface area contributed by atoms with Gasteiger partial charge in [-0.2, -0.15) is 0 Å². The van der Waals surface area contributed by atoms with Crippen LogP contribution in [0.5, 0.6) is 0 Å². The normalized spacial score (nSPS) is 24.0. The van der Waals surface area contributed by atoms with Gasteiger partial charge in [-0.1, -0.05) is 31.0 Å². The molecule has 3 heterocycles. The van der Waals surface area contributed by atoms with E-state index in [4.69, 9.17) is 0 Å². The van der Waals surface area contributed by atoms with Crippen molar-refractivity contribution in [1.29, 1.82) is 0 Å². The Kier molecular flexibility index (Phi) is 4.52. The van der Waals surface area contributed by atoms with Crippen LogP contribution in [0.4, 0.5) is 5.69 Å². The third-order valence-electron chi connectivity index (χ3n) is 6.11. The Balaban J connectivity index is 1.32. The average Bonchev–Trinajstić information content (AvgIpc) is 3.19. The summed E-state index contributed by atoms with van der Waals surface area (Å²) in [4.78, 5) is 29.1. The smallest absolute Gasteiger partial charge is 0.274 e. The summed E-state index contributed by atoms with van der Waals surface area (Å²) in [6, 6.07) is 13.6. The van der Waals surface area contributed by atoms with E-state index in [-0.39, 0.29) is 23.8 Å². The number of benzene rings is 1. The van der Waals surface area contributed by atoms with Crippen molar-refractivity contribution in [3.05, 3.63) is 66.1 Å². The summed E-state index contributed by atoms with van der Waals surface area (Å²) in [7, 11) is 0. The molecule has 7 nitrogen and oxygen atoms in total. The summed E-state index contributed by atoms with van der Waals surface area (Å²) < 4.78 is 1.77. The summed E-state index contributed by atoms with van der Waals surface area (Å²) in [6.45, 7) is 0. The van der Waals surface area contributed by atoms with Gasteiger partial charge in [0.1, 0.15) is 11.3 Å². The number of anilines is 1. The van der Waals surface area contributed by atoms with Gasteiger partial charge < -0.3 is 5.32 Å². The van der Waals surface area contributed by atoms with Crippen molar-refractivity contribution in [1.82, 2.24) is 20.2 Å². The van der Waals surface area contributed by atoms with E-state index in [9.17, 15) is 9.59 Å². The molecule has 0 radical (unpaired) electrons. The Labute approximate surface area is 168 Å². The number of carbonyl (C=O) groups excluding carboxylic acids is 2. The fourth-order valence-corrected chi connectivity index (χ4v) is 4.63. The van der Waals surface area contributed by atoms with Gasteiger partial charge in [-0.15, -0.1) is 0 Å². The fourth-order valence-electron chi connectivity index (χ4n) is 4.63. The van der Waals surface area contributed by atoms with Crippen molar-refractivity contribution in [2.24, 2.45) is 11.8 Å². The molecule has 0 bridgehead atoms. The highest BCUT2D eigenvalue weighted by atomic mass is 16.2. The quantitative estimate of drug-likeness (QED) is 0.642. The number of hydrogen-bond acceptors (Lipinski definition) is 4. The van der Waals surface area contributed by atoms with Crippen molar-refractivity contribution >= 4 is 23.1 Å². The van der Waals surface area contributed by atoms with Crippen LogP contribution >= 0.6 is 0 Å². The summed E-state index contributed by atoms with van der Waals surface area (Å²) in [5, 5.41) is 2.94. The highest BCUT2D eigenvalue weighted by Gasteiger charge is 2.40. The van der Waals surface area contributed by atoms with Crippen LogP contribution in [0.15, 0.2) is 54.9 Å². The van der Waals surface area contributed by atoms with E-state index in [0.717, 1.165) is 36.2 Å². The second-order valence-electron chi connectivity index (χ2n) is 7.81. The van der Waals surface area contributed by atoms with Crippen LogP contribution in [-0.4, -0.2) is 21.2 Å². The van der Waals surface area contributed by atoms with Gasteiger partial charge >= 0.3 is 0 Å². The summed E-state index contributed by atoms with van der Waals surface area (Å²) in [6.07, 6.45) is 7.71. The highest BCUT2D eigenvalue weighted by Crippen LogP contribution is 2.40. The largest absolute Gasteiger partial charge is 0.321 e. The number of hydrazine groups is 1. The van der Waals surface area contributed by atoms with E-state index < -0.39 is 0 Å². The predicted molar refractivity (Wildman–Crippen MR) is 109 cm³/mol. The topological polar surface area (TPSA) is 87.5 Å². The molecule has 1 saturated heterocycles. The van der Waals surface area contributed by atoms with Gasteiger partial charge in [-0.25, -0.2) is 10.4 Å². The van der Waals surface area contributed by atoms with Gasteiger partial charge in [0.05, 0.1) is 12.2 Å². The molecular weight excluding hydrogens is 366 g/mol. The van der Waals surface area contributed by atoms with Gasteiger partial charge in [-0.3, -0.25) is 19.4 Å². The van der Waals surface area contributed by atoms with Crippen LogP contribution in [-0.2, 0) is 4.79 Å². The molecule has 2 fully saturated rings. The zero-order chi connectivity index (χ0) is 19.8. The number of nitrogens with zero attached hydrogens (tertiary/aromatic N) is 2. The molecule has 1 aliphatic carbocycles. The zero-order valence-corrected chi connectivity index (χ0v) is 16.0. The lowest BCUT2D eigenvalue weighted by atomic mass is 9.72. The number of pyridine rings is 1. The molecular formula is C22H23N5O2. The van der Waals surface area contributed by atoms with Crippen molar-refractivity contribution in [3.8, 4) is 0 Å². The Bertz CT molecular complexity index is 1060. The Morgan fingerprint density at radius 1 is 1.10 bits per heavy atom. The van der Waals surface area contributed by atoms with E-state index in [1.165, 1.54) is 6.42 Å². The molecule has 1 saturated carbocycles. The zero-order valence-electron chi connectivity index (χ0n) is 16.0. The molecule has 1 aliphatic heterocycles. The van der Waals surface area contributed by atoms with Gasteiger partial charge in [0, 0.05) is 17.8 Å². The number of carbonyl (C=O) groups is 2. The van der Waals surface area contributed by atoms with Crippen LogP contribution in [0.25, 0.3) is 5.65 Å². The van der Waals surface area contributed by atoms with Gasteiger partial charge in [0.15, 0.2) is 0 Å². The summed E-state index contributed by atoms with van der Waals surface area (Å²) in [5.41, 5.74) is 9.11. The van der Waals surface area contributed by atoms with E-state index in [1.54, 1.807) is 10.6 Å². The number of aromatic nitrogens is 2. The molecule has 3 unspecified atom stereocenters. The first kappa shape index (κ1) is 17.9. The van der Waals surface area contributed by atoms with Crippen LogP contribution in [0, 0.1) is 11.8 Å². The Hall–Kier alpha value is -3.19. The second kappa shape index (κ2) is 7.33. The van der Waals surface area contributed by atoms with E-state index in [1.807, 2.05) is 48.7 Å². The van der Waals surface area contributed by atoms with Crippen LogP contribution in [0.2, 0.25) is 0 Å². The van der Waals surface area contributed by atoms with Crippen LogP contribution in [0.3, 0.4) is 0 Å². The van der Waals surface area contributed by atoms with Crippen LogP contribution in [0.1, 0.15) is 47.8 Å².